The summed E-state index contributed by atoms with van der Waals surface area (Å²) in [5.74, 6) is 0.712. The summed E-state index contributed by atoms with van der Waals surface area (Å²) in [6, 6.07) is 10.1. The van der Waals surface area contributed by atoms with Crippen LogP contribution in [0.25, 0.3) is 22.2 Å². The number of halogens is 2. The first kappa shape index (κ1) is 22.8. The number of hydrogen-bond acceptors (Lipinski definition) is 1. The molecule has 1 aliphatic rings. The van der Waals surface area contributed by atoms with Gasteiger partial charge in [-0.1, -0.05) is 19.8 Å². The molecule has 2 aromatic carbocycles. The van der Waals surface area contributed by atoms with Crippen LogP contribution in [0.4, 0.5) is 8.78 Å². The number of benzene rings is 2. The zero-order chi connectivity index (χ0) is 21.6. The second-order valence-electron chi connectivity index (χ2n) is 7.55. The summed E-state index contributed by atoms with van der Waals surface area (Å²) in [4.78, 5) is 3.31. The number of aromatic amines is 1. The molecule has 0 bridgehead atoms. The lowest BCUT2D eigenvalue weighted by atomic mass is 9.78. The molecule has 1 saturated carbocycles. The Morgan fingerprint density at radius 2 is 1.55 bits per heavy atom. The van der Waals surface area contributed by atoms with Gasteiger partial charge in [0.1, 0.15) is 11.6 Å². The minimum Gasteiger partial charge on any atom is -0.352 e. The van der Waals surface area contributed by atoms with Crippen LogP contribution in [-0.4, -0.2) is 12.0 Å². The molecule has 0 aliphatic heterocycles. The Morgan fingerprint density at radius 1 is 0.966 bits per heavy atom. The van der Waals surface area contributed by atoms with Gasteiger partial charge < -0.3 is 10.7 Å². The van der Waals surface area contributed by atoms with Gasteiger partial charge in [-0.2, -0.15) is 0 Å². The third kappa shape index (κ3) is 4.94. The molecule has 0 unspecified atom stereocenters. The minimum atomic E-state index is -0.255. The molecule has 1 heterocycles. The van der Waals surface area contributed by atoms with Crippen LogP contribution in [0, 0.1) is 24.5 Å². The predicted molar refractivity (Wildman–Crippen MR) is 120 cm³/mol. The van der Waals surface area contributed by atoms with E-state index < -0.39 is 0 Å². The van der Waals surface area contributed by atoms with Crippen molar-refractivity contribution in [2.45, 2.75) is 45.4 Å². The SMILES string of the molecule is C=C.CN.Cc1cc(F)c2[nH]c(-c3ccc(F)cc3)c(C3CCC(C)CC3)c2c1. The maximum absolute atomic E-state index is 14.6. The highest BCUT2D eigenvalue weighted by molar-refractivity contribution is 5.92. The lowest BCUT2D eigenvalue weighted by Gasteiger charge is -2.27. The normalized spacial score (nSPS) is 18.4. The van der Waals surface area contributed by atoms with Gasteiger partial charge in [-0.05, 0) is 91.7 Å². The summed E-state index contributed by atoms with van der Waals surface area (Å²) >= 11 is 0. The van der Waals surface area contributed by atoms with Gasteiger partial charge in [0.15, 0.2) is 0 Å². The number of aromatic nitrogens is 1. The Hall–Kier alpha value is -2.46. The average Bonchev–Trinajstić information content (AvgIpc) is 3.12. The first-order valence-corrected chi connectivity index (χ1v) is 10.2. The molecule has 1 aromatic heterocycles. The highest BCUT2D eigenvalue weighted by Gasteiger charge is 2.26. The van der Waals surface area contributed by atoms with Crippen LogP contribution in [-0.2, 0) is 0 Å². The van der Waals surface area contributed by atoms with Crippen molar-refractivity contribution in [3.63, 3.8) is 0 Å². The van der Waals surface area contributed by atoms with Crippen LogP contribution < -0.4 is 5.73 Å². The Kier molecular flexibility index (Phi) is 8.15. The predicted octanol–water partition coefficient (Wildman–Crippen LogP) is 7.09. The van der Waals surface area contributed by atoms with Gasteiger partial charge in [-0.15, -0.1) is 13.2 Å². The van der Waals surface area contributed by atoms with E-state index in [9.17, 15) is 8.78 Å². The Bertz CT molecular complexity index is 920. The molecule has 3 aromatic rings. The zero-order valence-electron chi connectivity index (χ0n) is 17.7. The number of nitrogens with one attached hydrogen (secondary N) is 1. The molecule has 29 heavy (non-hydrogen) atoms. The molecule has 0 amide bonds. The minimum absolute atomic E-state index is 0.214. The maximum Gasteiger partial charge on any atom is 0.147 e. The number of H-pyrrole nitrogens is 1. The fourth-order valence-corrected chi connectivity index (χ4v) is 4.23. The van der Waals surface area contributed by atoms with Crippen molar-refractivity contribution in [3.05, 3.63) is 72.3 Å². The van der Waals surface area contributed by atoms with E-state index in [0.717, 1.165) is 41.0 Å². The first-order chi connectivity index (χ1) is 14.0. The van der Waals surface area contributed by atoms with Crippen molar-refractivity contribution < 1.29 is 8.78 Å². The van der Waals surface area contributed by atoms with Gasteiger partial charge >= 0.3 is 0 Å². The van der Waals surface area contributed by atoms with Crippen molar-refractivity contribution in [2.75, 3.05) is 7.05 Å². The van der Waals surface area contributed by atoms with Crippen LogP contribution in [0.2, 0.25) is 0 Å². The van der Waals surface area contributed by atoms with Crippen LogP contribution in [0.5, 0.6) is 0 Å². The summed E-state index contributed by atoms with van der Waals surface area (Å²) in [6.45, 7) is 10.2. The lowest BCUT2D eigenvalue weighted by Crippen LogP contribution is -2.11. The topological polar surface area (TPSA) is 41.8 Å². The number of nitrogens with two attached hydrogens (primary N) is 1. The lowest BCUT2D eigenvalue weighted by molar-refractivity contribution is 0.349. The summed E-state index contributed by atoms with van der Waals surface area (Å²) < 4.78 is 27.9. The summed E-state index contributed by atoms with van der Waals surface area (Å²) in [5, 5.41) is 0.983. The third-order valence-corrected chi connectivity index (χ3v) is 5.60. The largest absolute Gasteiger partial charge is 0.352 e. The van der Waals surface area contributed by atoms with E-state index in [1.54, 1.807) is 18.2 Å². The highest BCUT2D eigenvalue weighted by atomic mass is 19.1. The van der Waals surface area contributed by atoms with Gasteiger partial charge in [0, 0.05) is 5.39 Å². The number of rotatable bonds is 2. The fourth-order valence-electron chi connectivity index (χ4n) is 4.23. The van der Waals surface area contributed by atoms with Gasteiger partial charge in [-0.3, -0.25) is 0 Å². The van der Waals surface area contributed by atoms with Crippen LogP contribution in [0.1, 0.15) is 49.7 Å². The summed E-state index contributed by atoms with van der Waals surface area (Å²) in [7, 11) is 1.50. The zero-order valence-corrected chi connectivity index (χ0v) is 17.7. The van der Waals surface area contributed by atoms with Crippen LogP contribution in [0.3, 0.4) is 0 Å². The smallest absolute Gasteiger partial charge is 0.147 e. The molecule has 2 nitrogen and oxygen atoms in total. The van der Waals surface area contributed by atoms with E-state index in [2.05, 4.69) is 36.9 Å². The van der Waals surface area contributed by atoms with E-state index in [1.165, 1.54) is 37.6 Å². The Labute approximate surface area is 172 Å². The quantitative estimate of drug-likeness (QED) is 0.444. The van der Waals surface area contributed by atoms with Crippen molar-refractivity contribution in [1.82, 2.24) is 4.98 Å². The van der Waals surface area contributed by atoms with Crippen LogP contribution >= 0.6 is 0 Å². The third-order valence-electron chi connectivity index (χ3n) is 5.60. The van der Waals surface area contributed by atoms with Crippen molar-refractivity contribution >= 4 is 10.9 Å². The van der Waals surface area contributed by atoms with Gasteiger partial charge in [-0.25, -0.2) is 8.78 Å². The molecular formula is C25H32F2N2. The first-order valence-electron chi connectivity index (χ1n) is 10.2. The van der Waals surface area contributed by atoms with Crippen LogP contribution in [0.15, 0.2) is 49.6 Å². The molecule has 4 heteroatoms. The highest BCUT2D eigenvalue weighted by Crippen LogP contribution is 2.44. The van der Waals surface area contributed by atoms with E-state index >= 15 is 0 Å². The standard InChI is InChI=1S/C22H23F2N.C2H4.CH5N/c1-13-3-5-15(6-4-13)20-18-11-14(2)12-19(24)22(18)25-21(20)16-7-9-17(23)10-8-16;2*1-2/h7-13,15,25H,3-6H2,1-2H3;1-2H2;2H2,1H3. The second-order valence-corrected chi connectivity index (χ2v) is 7.55. The van der Waals surface area contributed by atoms with E-state index in [1.807, 2.05) is 6.92 Å². The fraction of sp³-hybridized carbons (Fsp3) is 0.360. The molecular weight excluding hydrogens is 366 g/mol. The van der Waals surface area contributed by atoms with Gasteiger partial charge in [0.05, 0.1) is 11.2 Å². The van der Waals surface area contributed by atoms with Crippen molar-refractivity contribution in [3.8, 4) is 11.3 Å². The molecule has 1 aliphatic carbocycles. The van der Waals surface area contributed by atoms with E-state index in [4.69, 9.17) is 0 Å². The van der Waals surface area contributed by atoms with E-state index in [0.29, 0.717) is 11.4 Å². The number of hydrogen-bond donors (Lipinski definition) is 2. The second kappa shape index (κ2) is 10.4. The molecule has 0 radical (unpaired) electrons. The van der Waals surface area contributed by atoms with E-state index in [-0.39, 0.29) is 11.6 Å². The average molecular weight is 399 g/mol. The molecule has 3 N–H and O–H groups in total. The number of fused-ring (bicyclic) bond motifs is 1. The van der Waals surface area contributed by atoms with Crippen molar-refractivity contribution in [1.29, 1.82) is 0 Å². The maximum atomic E-state index is 14.6. The monoisotopic (exact) mass is 398 g/mol. The van der Waals surface area contributed by atoms with Gasteiger partial charge in [0.2, 0.25) is 0 Å². The molecule has 0 saturated heterocycles. The molecule has 0 atom stereocenters. The molecule has 156 valence electrons. The summed E-state index contributed by atoms with van der Waals surface area (Å²) in [6.07, 6.45) is 4.65. The summed E-state index contributed by atoms with van der Waals surface area (Å²) in [5.41, 5.74) is 9.07. The Balaban J connectivity index is 0.000000707. The number of aryl methyl sites for hydroxylation is 1. The molecule has 1 fully saturated rings. The Morgan fingerprint density at radius 3 is 2.14 bits per heavy atom. The molecule has 4 rings (SSSR count). The van der Waals surface area contributed by atoms with Gasteiger partial charge in [0.25, 0.3) is 0 Å². The molecule has 0 spiro atoms. The van der Waals surface area contributed by atoms with Crippen molar-refractivity contribution in [2.24, 2.45) is 11.7 Å².